The van der Waals surface area contributed by atoms with E-state index in [9.17, 15) is 4.79 Å². The van der Waals surface area contributed by atoms with E-state index in [0.717, 1.165) is 57.7 Å². The van der Waals surface area contributed by atoms with Gasteiger partial charge in [-0.05, 0) is 18.6 Å². The number of carbonyl (C=O) groups is 1. The number of rotatable bonds is 5. The molecule has 1 fully saturated rings. The van der Waals surface area contributed by atoms with Crippen molar-refractivity contribution in [1.82, 2.24) is 15.1 Å². The summed E-state index contributed by atoms with van der Waals surface area (Å²) in [5.41, 5.74) is 0.965. The third kappa shape index (κ3) is 4.77. The summed E-state index contributed by atoms with van der Waals surface area (Å²) in [6.45, 7) is 6.74. The van der Waals surface area contributed by atoms with Gasteiger partial charge in [0.05, 0.1) is 0 Å². The fourth-order valence-electron chi connectivity index (χ4n) is 2.50. The van der Waals surface area contributed by atoms with Gasteiger partial charge in [0, 0.05) is 54.9 Å². The number of unbranched alkanes of at least 4 members (excludes halogenated alkanes) is 1. The Bertz CT molecular complexity index is 482. The third-order valence-corrected chi connectivity index (χ3v) is 4.62. The molecular formula is C16H23Cl2N3O. The second kappa shape index (κ2) is 8.61. The Kier molecular flexibility index (Phi) is 6.80. The van der Waals surface area contributed by atoms with Gasteiger partial charge in [-0.1, -0.05) is 42.6 Å². The highest BCUT2D eigenvalue weighted by Crippen LogP contribution is 2.26. The maximum Gasteiger partial charge on any atom is 0.317 e. The molecule has 122 valence electrons. The van der Waals surface area contributed by atoms with Gasteiger partial charge < -0.3 is 10.2 Å². The molecule has 1 aromatic carbocycles. The summed E-state index contributed by atoms with van der Waals surface area (Å²) in [7, 11) is 0. The number of hydrogen-bond donors (Lipinski definition) is 1. The van der Waals surface area contributed by atoms with Crippen LogP contribution in [-0.4, -0.2) is 48.6 Å². The number of piperazine rings is 1. The van der Waals surface area contributed by atoms with Crippen molar-refractivity contribution in [3.8, 4) is 0 Å². The van der Waals surface area contributed by atoms with Gasteiger partial charge in [-0.25, -0.2) is 4.79 Å². The highest BCUT2D eigenvalue weighted by molar-refractivity contribution is 6.35. The van der Waals surface area contributed by atoms with Crippen LogP contribution in [0.1, 0.15) is 25.3 Å². The fraction of sp³-hybridized carbons (Fsp3) is 0.562. The average molecular weight is 344 g/mol. The van der Waals surface area contributed by atoms with Crippen LogP contribution in [0.25, 0.3) is 0 Å². The van der Waals surface area contributed by atoms with Gasteiger partial charge in [0.2, 0.25) is 0 Å². The molecule has 2 rings (SSSR count). The minimum absolute atomic E-state index is 0.0453. The van der Waals surface area contributed by atoms with Crippen LogP contribution in [0.15, 0.2) is 18.2 Å². The van der Waals surface area contributed by atoms with Crippen LogP contribution in [0.2, 0.25) is 10.0 Å². The SMILES string of the molecule is CCCCNC(=O)N1CCN(Cc2c(Cl)cccc2Cl)CC1. The lowest BCUT2D eigenvalue weighted by molar-refractivity contribution is 0.135. The van der Waals surface area contributed by atoms with Crippen LogP contribution in [-0.2, 0) is 6.54 Å². The molecule has 0 atom stereocenters. The molecule has 1 heterocycles. The third-order valence-electron chi connectivity index (χ3n) is 3.91. The van der Waals surface area contributed by atoms with E-state index >= 15 is 0 Å². The normalized spacial score (nSPS) is 15.9. The molecule has 0 unspecified atom stereocenters. The summed E-state index contributed by atoms with van der Waals surface area (Å²) in [5.74, 6) is 0. The van der Waals surface area contributed by atoms with E-state index in [2.05, 4.69) is 17.1 Å². The lowest BCUT2D eigenvalue weighted by atomic mass is 10.2. The average Bonchev–Trinajstić information content (AvgIpc) is 2.52. The van der Waals surface area contributed by atoms with Crippen molar-refractivity contribution >= 4 is 29.2 Å². The number of amides is 2. The first-order valence-electron chi connectivity index (χ1n) is 7.80. The van der Waals surface area contributed by atoms with E-state index in [1.54, 1.807) is 0 Å². The van der Waals surface area contributed by atoms with E-state index in [1.807, 2.05) is 23.1 Å². The lowest BCUT2D eigenvalue weighted by Gasteiger charge is -2.35. The molecule has 0 radical (unpaired) electrons. The summed E-state index contributed by atoms with van der Waals surface area (Å²) < 4.78 is 0. The summed E-state index contributed by atoms with van der Waals surface area (Å²) >= 11 is 12.4. The van der Waals surface area contributed by atoms with Gasteiger partial charge >= 0.3 is 6.03 Å². The van der Waals surface area contributed by atoms with Crippen molar-refractivity contribution in [1.29, 1.82) is 0 Å². The molecular weight excluding hydrogens is 321 g/mol. The molecule has 22 heavy (non-hydrogen) atoms. The second-order valence-electron chi connectivity index (χ2n) is 5.55. The lowest BCUT2D eigenvalue weighted by Crippen LogP contribution is -2.51. The fourth-order valence-corrected chi connectivity index (χ4v) is 3.02. The number of nitrogens with one attached hydrogen (secondary N) is 1. The van der Waals surface area contributed by atoms with E-state index in [-0.39, 0.29) is 6.03 Å². The molecule has 0 aromatic heterocycles. The van der Waals surface area contributed by atoms with E-state index in [4.69, 9.17) is 23.2 Å². The maximum absolute atomic E-state index is 12.0. The minimum atomic E-state index is 0.0453. The molecule has 0 saturated carbocycles. The van der Waals surface area contributed by atoms with E-state index < -0.39 is 0 Å². The Morgan fingerprint density at radius 1 is 1.18 bits per heavy atom. The Morgan fingerprint density at radius 2 is 1.82 bits per heavy atom. The van der Waals surface area contributed by atoms with Crippen molar-refractivity contribution in [2.24, 2.45) is 0 Å². The number of nitrogens with zero attached hydrogens (tertiary/aromatic N) is 2. The highest BCUT2D eigenvalue weighted by Gasteiger charge is 2.21. The Labute approximate surface area is 142 Å². The van der Waals surface area contributed by atoms with Crippen LogP contribution in [0, 0.1) is 0 Å². The van der Waals surface area contributed by atoms with Crippen molar-refractivity contribution in [3.05, 3.63) is 33.8 Å². The van der Waals surface area contributed by atoms with Gasteiger partial charge in [-0.15, -0.1) is 0 Å². The molecule has 1 aromatic rings. The summed E-state index contributed by atoms with van der Waals surface area (Å²) in [6.07, 6.45) is 2.11. The molecule has 4 nitrogen and oxygen atoms in total. The monoisotopic (exact) mass is 343 g/mol. The number of hydrogen-bond acceptors (Lipinski definition) is 2. The molecule has 6 heteroatoms. The standard InChI is InChI=1S/C16H23Cl2N3O/c1-2-3-7-19-16(22)21-10-8-20(9-11-21)12-13-14(17)5-4-6-15(13)18/h4-6H,2-3,7-12H2,1H3,(H,19,22). The van der Waals surface area contributed by atoms with Crippen molar-refractivity contribution in [2.45, 2.75) is 26.3 Å². The number of halogens is 2. The van der Waals surface area contributed by atoms with Crippen LogP contribution in [0.5, 0.6) is 0 Å². The number of urea groups is 1. The second-order valence-corrected chi connectivity index (χ2v) is 6.36. The Morgan fingerprint density at radius 3 is 2.41 bits per heavy atom. The predicted octanol–water partition coefficient (Wildman–Crippen LogP) is 3.62. The molecule has 0 bridgehead atoms. The summed E-state index contributed by atoms with van der Waals surface area (Å²) in [4.78, 5) is 16.2. The molecule has 0 spiro atoms. The van der Waals surface area contributed by atoms with Crippen molar-refractivity contribution in [3.63, 3.8) is 0 Å². The van der Waals surface area contributed by atoms with Gasteiger partial charge in [0.15, 0.2) is 0 Å². The zero-order valence-corrected chi connectivity index (χ0v) is 14.5. The van der Waals surface area contributed by atoms with Crippen LogP contribution >= 0.6 is 23.2 Å². The first kappa shape index (κ1) is 17.4. The molecule has 1 aliphatic rings. The topological polar surface area (TPSA) is 35.6 Å². The summed E-state index contributed by atoms with van der Waals surface area (Å²) in [5, 5.41) is 4.36. The van der Waals surface area contributed by atoms with Crippen LogP contribution in [0.3, 0.4) is 0 Å². The highest BCUT2D eigenvalue weighted by atomic mass is 35.5. The smallest absolute Gasteiger partial charge is 0.317 e. The van der Waals surface area contributed by atoms with Crippen LogP contribution in [0.4, 0.5) is 4.79 Å². The first-order chi connectivity index (χ1) is 10.6. The largest absolute Gasteiger partial charge is 0.338 e. The molecule has 1 N–H and O–H groups in total. The number of benzene rings is 1. The maximum atomic E-state index is 12.0. The molecule has 1 saturated heterocycles. The first-order valence-corrected chi connectivity index (χ1v) is 8.55. The van der Waals surface area contributed by atoms with E-state index in [0.29, 0.717) is 10.0 Å². The Hall–Kier alpha value is -0.970. The van der Waals surface area contributed by atoms with Gasteiger partial charge in [0.25, 0.3) is 0 Å². The van der Waals surface area contributed by atoms with Crippen LogP contribution < -0.4 is 5.32 Å². The Balaban J connectivity index is 1.81. The molecule has 0 aliphatic carbocycles. The molecule has 1 aliphatic heterocycles. The van der Waals surface area contributed by atoms with Gasteiger partial charge in [0.1, 0.15) is 0 Å². The number of carbonyl (C=O) groups excluding carboxylic acids is 1. The van der Waals surface area contributed by atoms with Crippen molar-refractivity contribution < 1.29 is 4.79 Å². The van der Waals surface area contributed by atoms with Gasteiger partial charge in [-0.2, -0.15) is 0 Å². The zero-order chi connectivity index (χ0) is 15.9. The van der Waals surface area contributed by atoms with Gasteiger partial charge in [-0.3, -0.25) is 4.90 Å². The summed E-state index contributed by atoms with van der Waals surface area (Å²) in [6, 6.07) is 5.62. The van der Waals surface area contributed by atoms with E-state index in [1.165, 1.54) is 0 Å². The molecule has 2 amide bonds. The quantitative estimate of drug-likeness (QED) is 0.828. The van der Waals surface area contributed by atoms with Crippen molar-refractivity contribution in [2.75, 3.05) is 32.7 Å². The predicted molar refractivity (Wildman–Crippen MR) is 91.6 cm³/mol. The minimum Gasteiger partial charge on any atom is -0.338 e. The zero-order valence-electron chi connectivity index (χ0n) is 12.9.